The summed E-state index contributed by atoms with van der Waals surface area (Å²) >= 11 is 0. The molecule has 2 N–H and O–H groups in total. The topological polar surface area (TPSA) is 53.6 Å². The molecule has 4 nitrogen and oxygen atoms in total. The van der Waals surface area contributed by atoms with Crippen molar-refractivity contribution >= 4 is 11.0 Å². The SMILES string of the molecule is CCCCCCNCCc1cccc2n[nH]nc12. The second kappa shape index (κ2) is 7.11. The second-order valence-electron chi connectivity index (χ2n) is 4.67. The molecule has 98 valence electrons. The maximum Gasteiger partial charge on any atom is 0.116 e. The van der Waals surface area contributed by atoms with Crippen LogP contribution in [0, 0.1) is 0 Å². The minimum Gasteiger partial charge on any atom is -0.316 e. The van der Waals surface area contributed by atoms with Crippen LogP contribution in [0.2, 0.25) is 0 Å². The van der Waals surface area contributed by atoms with Crippen LogP contribution in [-0.4, -0.2) is 28.5 Å². The van der Waals surface area contributed by atoms with Gasteiger partial charge in [0, 0.05) is 0 Å². The smallest absolute Gasteiger partial charge is 0.116 e. The predicted octanol–water partition coefficient (Wildman–Crippen LogP) is 2.67. The fourth-order valence-corrected chi connectivity index (χ4v) is 2.15. The Balaban J connectivity index is 1.72. The molecule has 0 aliphatic rings. The number of hydrogen-bond acceptors (Lipinski definition) is 3. The minimum atomic E-state index is 0.954. The van der Waals surface area contributed by atoms with Crippen molar-refractivity contribution in [3.8, 4) is 0 Å². The standard InChI is InChI=1S/C14H22N4/c1-2-3-4-5-10-15-11-9-12-7-6-8-13-14(12)17-18-16-13/h6-8,15H,2-5,9-11H2,1H3,(H,16,17,18). The van der Waals surface area contributed by atoms with Gasteiger partial charge in [0.2, 0.25) is 0 Å². The maximum atomic E-state index is 4.19. The lowest BCUT2D eigenvalue weighted by Crippen LogP contribution is -2.18. The summed E-state index contributed by atoms with van der Waals surface area (Å²) in [5.74, 6) is 0. The third kappa shape index (κ3) is 3.53. The summed E-state index contributed by atoms with van der Waals surface area (Å²) < 4.78 is 0. The number of para-hydroxylation sites is 1. The Hall–Kier alpha value is -1.42. The molecule has 4 heteroatoms. The van der Waals surface area contributed by atoms with Crippen LogP contribution in [0.15, 0.2) is 18.2 Å². The molecule has 2 aromatic rings. The van der Waals surface area contributed by atoms with Crippen molar-refractivity contribution in [2.75, 3.05) is 13.1 Å². The van der Waals surface area contributed by atoms with Crippen molar-refractivity contribution < 1.29 is 0 Å². The van der Waals surface area contributed by atoms with E-state index in [2.05, 4.69) is 33.7 Å². The van der Waals surface area contributed by atoms with Crippen molar-refractivity contribution in [3.63, 3.8) is 0 Å². The van der Waals surface area contributed by atoms with Crippen LogP contribution in [0.1, 0.15) is 38.2 Å². The van der Waals surface area contributed by atoms with Crippen molar-refractivity contribution in [2.24, 2.45) is 0 Å². The van der Waals surface area contributed by atoms with Crippen LogP contribution in [0.3, 0.4) is 0 Å². The van der Waals surface area contributed by atoms with Crippen LogP contribution in [-0.2, 0) is 6.42 Å². The number of nitrogens with one attached hydrogen (secondary N) is 2. The zero-order valence-electron chi connectivity index (χ0n) is 11.1. The summed E-state index contributed by atoms with van der Waals surface area (Å²) in [5, 5.41) is 14.5. The van der Waals surface area contributed by atoms with Crippen LogP contribution < -0.4 is 5.32 Å². The molecule has 0 aliphatic heterocycles. The number of H-pyrrole nitrogens is 1. The predicted molar refractivity (Wildman–Crippen MR) is 74.6 cm³/mol. The van der Waals surface area contributed by atoms with Gasteiger partial charge >= 0.3 is 0 Å². The van der Waals surface area contributed by atoms with Crippen LogP contribution in [0.5, 0.6) is 0 Å². The lowest BCUT2D eigenvalue weighted by molar-refractivity contribution is 0.599. The van der Waals surface area contributed by atoms with Crippen molar-refractivity contribution in [1.82, 2.24) is 20.7 Å². The van der Waals surface area contributed by atoms with E-state index in [-0.39, 0.29) is 0 Å². The normalized spacial score (nSPS) is 11.2. The van der Waals surface area contributed by atoms with Crippen molar-refractivity contribution in [3.05, 3.63) is 23.8 Å². The number of hydrogen-bond donors (Lipinski definition) is 2. The second-order valence-corrected chi connectivity index (χ2v) is 4.67. The number of rotatable bonds is 8. The Labute approximate surface area is 108 Å². The third-order valence-electron chi connectivity index (χ3n) is 3.21. The van der Waals surface area contributed by atoms with Gasteiger partial charge in [-0.2, -0.15) is 15.4 Å². The molecule has 0 atom stereocenters. The summed E-state index contributed by atoms with van der Waals surface area (Å²) in [6.45, 7) is 4.37. The van der Waals surface area contributed by atoms with Gasteiger partial charge in [-0.25, -0.2) is 0 Å². The lowest BCUT2D eigenvalue weighted by Gasteiger charge is -2.05. The quantitative estimate of drug-likeness (QED) is 0.704. The largest absolute Gasteiger partial charge is 0.316 e. The van der Waals surface area contributed by atoms with Crippen molar-refractivity contribution in [1.29, 1.82) is 0 Å². The molecule has 1 heterocycles. The highest BCUT2D eigenvalue weighted by Gasteiger charge is 2.03. The molecule has 0 amide bonds. The highest BCUT2D eigenvalue weighted by atomic mass is 15.3. The van der Waals surface area contributed by atoms with E-state index in [0.29, 0.717) is 0 Å². The molecular weight excluding hydrogens is 224 g/mol. The fraction of sp³-hybridized carbons (Fsp3) is 0.571. The van der Waals surface area contributed by atoms with Gasteiger partial charge in [-0.15, -0.1) is 0 Å². The minimum absolute atomic E-state index is 0.954. The number of nitrogens with zero attached hydrogens (tertiary/aromatic N) is 2. The van der Waals surface area contributed by atoms with E-state index in [1.54, 1.807) is 0 Å². The first kappa shape index (κ1) is 13.0. The molecule has 0 fully saturated rings. The fourth-order valence-electron chi connectivity index (χ4n) is 2.15. The average molecular weight is 246 g/mol. The first-order chi connectivity index (χ1) is 8.92. The Morgan fingerprint density at radius 1 is 1.11 bits per heavy atom. The molecule has 0 saturated carbocycles. The Bertz CT molecular complexity index is 464. The Morgan fingerprint density at radius 3 is 2.94 bits per heavy atom. The van der Waals surface area contributed by atoms with E-state index < -0.39 is 0 Å². The third-order valence-corrected chi connectivity index (χ3v) is 3.21. The summed E-state index contributed by atoms with van der Waals surface area (Å²) in [6.07, 6.45) is 6.27. The van der Waals surface area contributed by atoms with Gasteiger partial charge in [0.25, 0.3) is 0 Å². The van der Waals surface area contributed by atoms with E-state index in [0.717, 1.165) is 30.5 Å². The van der Waals surface area contributed by atoms with E-state index in [1.165, 1.54) is 31.2 Å². The molecule has 0 spiro atoms. The molecule has 0 saturated heterocycles. The van der Waals surface area contributed by atoms with Gasteiger partial charge in [0.05, 0.1) is 0 Å². The zero-order valence-corrected chi connectivity index (χ0v) is 11.1. The van der Waals surface area contributed by atoms with E-state index in [9.17, 15) is 0 Å². The van der Waals surface area contributed by atoms with Gasteiger partial charge in [-0.05, 0) is 37.6 Å². The van der Waals surface area contributed by atoms with Gasteiger partial charge in [0.1, 0.15) is 11.0 Å². The molecule has 0 radical (unpaired) electrons. The molecule has 0 aliphatic carbocycles. The Kier molecular flexibility index (Phi) is 5.15. The van der Waals surface area contributed by atoms with Crippen LogP contribution in [0.4, 0.5) is 0 Å². The molecule has 0 bridgehead atoms. The van der Waals surface area contributed by atoms with E-state index in [1.807, 2.05) is 12.1 Å². The van der Waals surface area contributed by atoms with Crippen LogP contribution in [0.25, 0.3) is 11.0 Å². The maximum absolute atomic E-state index is 4.19. The molecule has 2 rings (SSSR count). The number of aromatic amines is 1. The first-order valence-electron chi connectivity index (χ1n) is 6.91. The van der Waals surface area contributed by atoms with Gasteiger partial charge in [-0.1, -0.05) is 38.3 Å². The molecular formula is C14H22N4. The number of aromatic nitrogens is 3. The summed E-state index contributed by atoms with van der Waals surface area (Å²) in [5.41, 5.74) is 3.23. The van der Waals surface area contributed by atoms with Crippen molar-refractivity contribution in [2.45, 2.75) is 39.0 Å². The molecule has 18 heavy (non-hydrogen) atoms. The molecule has 0 unspecified atom stereocenters. The van der Waals surface area contributed by atoms with Crippen LogP contribution >= 0.6 is 0 Å². The zero-order chi connectivity index (χ0) is 12.6. The number of benzene rings is 1. The lowest BCUT2D eigenvalue weighted by atomic mass is 10.1. The Morgan fingerprint density at radius 2 is 2.06 bits per heavy atom. The monoisotopic (exact) mass is 246 g/mol. The highest BCUT2D eigenvalue weighted by Crippen LogP contribution is 2.13. The average Bonchev–Trinajstić information content (AvgIpc) is 2.86. The van der Waals surface area contributed by atoms with E-state index >= 15 is 0 Å². The summed E-state index contributed by atoms with van der Waals surface area (Å²) in [6, 6.07) is 6.16. The number of unbranched alkanes of at least 4 members (excludes halogenated alkanes) is 3. The summed E-state index contributed by atoms with van der Waals surface area (Å²) in [7, 11) is 0. The molecule has 1 aromatic heterocycles. The van der Waals surface area contributed by atoms with Gasteiger partial charge < -0.3 is 5.32 Å². The number of fused-ring (bicyclic) bond motifs is 1. The van der Waals surface area contributed by atoms with Gasteiger partial charge in [-0.3, -0.25) is 0 Å². The highest BCUT2D eigenvalue weighted by molar-refractivity contribution is 5.77. The van der Waals surface area contributed by atoms with E-state index in [4.69, 9.17) is 0 Å². The summed E-state index contributed by atoms with van der Waals surface area (Å²) in [4.78, 5) is 0. The van der Waals surface area contributed by atoms with Gasteiger partial charge in [0.15, 0.2) is 0 Å². The first-order valence-corrected chi connectivity index (χ1v) is 6.91. The molecule has 1 aromatic carbocycles.